The fourth-order valence-electron chi connectivity index (χ4n) is 9.80. The molecule has 0 heterocycles. The molecule has 0 aliphatic heterocycles. The number of alkyl halides is 5. The lowest BCUT2D eigenvalue weighted by atomic mass is 9.43. The highest BCUT2D eigenvalue weighted by atomic mass is 32.2. The highest BCUT2D eigenvalue weighted by molar-refractivity contribution is 7.86. The zero-order chi connectivity index (χ0) is 35.5. The van der Waals surface area contributed by atoms with Crippen molar-refractivity contribution in [2.24, 2.45) is 46.3 Å². The van der Waals surface area contributed by atoms with Crippen LogP contribution in [0.3, 0.4) is 0 Å². The van der Waals surface area contributed by atoms with E-state index in [1.165, 1.54) is 13.8 Å². The van der Waals surface area contributed by atoms with Crippen LogP contribution >= 0.6 is 0 Å². The molecule has 4 aliphatic carbocycles. The van der Waals surface area contributed by atoms with Crippen LogP contribution in [0.5, 0.6) is 0 Å². The first-order valence-electron chi connectivity index (χ1n) is 15.9. The molecule has 11 atom stereocenters. The van der Waals surface area contributed by atoms with Crippen LogP contribution in [-0.4, -0.2) is 66.4 Å². The van der Waals surface area contributed by atoms with Crippen LogP contribution in [0.2, 0.25) is 0 Å². The molecule has 0 radical (unpaired) electrons. The third kappa shape index (κ3) is 6.91. The Kier molecular flexibility index (Phi) is 10.2. The lowest BCUT2D eigenvalue weighted by molar-refractivity contribution is -0.259. The highest BCUT2D eigenvalue weighted by Gasteiger charge is 2.68. The Morgan fingerprint density at radius 1 is 1.00 bits per heavy atom. The Hall–Kier alpha value is -2.36. The largest absolute Gasteiger partial charge is 0.462 e. The summed E-state index contributed by atoms with van der Waals surface area (Å²) in [6.45, 7) is 8.47. The van der Waals surface area contributed by atoms with Gasteiger partial charge in [-0.3, -0.25) is 23.7 Å². The number of hydrogen-bond acceptors (Lipinski definition) is 9. The van der Waals surface area contributed by atoms with E-state index in [1.54, 1.807) is 6.92 Å². The number of ether oxygens (including phenoxy) is 3. The number of fused-ring (bicyclic) bond motifs is 5. The summed E-state index contributed by atoms with van der Waals surface area (Å²) in [4.78, 5) is 49.6. The van der Waals surface area contributed by atoms with E-state index in [4.69, 9.17) is 14.0 Å². The molecule has 47 heavy (non-hydrogen) atoms. The van der Waals surface area contributed by atoms with E-state index >= 15 is 0 Å². The number of halogens is 5. The molecule has 0 spiro atoms. The number of Topliss-reactive ketones (excluding diaryl/α,β-unsaturated/α-hetero) is 1. The molecule has 0 aromatic heterocycles. The quantitative estimate of drug-likeness (QED) is 0.138. The van der Waals surface area contributed by atoms with Crippen molar-refractivity contribution < 1.29 is 68.3 Å². The van der Waals surface area contributed by atoms with Crippen molar-refractivity contribution in [3.05, 3.63) is 0 Å². The van der Waals surface area contributed by atoms with Gasteiger partial charge in [0.05, 0.1) is 0 Å². The number of esters is 3. The zero-order valence-corrected chi connectivity index (χ0v) is 27.8. The van der Waals surface area contributed by atoms with Crippen molar-refractivity contribution in [2.45, 2.75) is 122 Å². The van der Waals surface area contributed by atoms with Crippen LogP contribution in [0.1, 0.15) is 92.4 Å². The molecule has 268 valence electrons. The lowest BCUT2D eigenvalue weighted by Crippen LogP contribution is -2.63. The maximum absolute atomic E-state index is 14.0. The molecule has 4 aliphatic rings. The second kappa shape index (κ2) is 12.8. The van der Waals surface area contributed by atoms with Crippen LogP contribution < -0.4 is 0 Å². The van der Waals surface area contributed by atoms with Crippen molar-refractivity contribution >= 4 is 33.8 Å². The number of ketones is 1. The van der Waals surface area contributed by atoms with Crippen molar-refractivity contribution in [1.82, 2.24) is 0 Å². The molecule has 4 rings (SSSR count). The maximum Gasteiger partial charge on any atom is 0.432 e. The van der Waals surface area contributed by atoms with Gasteiger partial charge in [-0.05, 0) is 73.5 Å². The van der Waals surface area contributed by atoms with E-state index in [9.17, 15) is 49.5 Å². The molecule has 1 N–H and O–H groups in total. The first kappa shape index (κ1) is 37.5. The summed E-state index contributed by atoms with van der Waals surface area (Å²) in [5.41, 5.74) is -1.00. The average molecular weight is 703 g/mol. The summed E-state index contributed by atoms with van der Waals surface area (Å²) >= 11 is 0. The van der Waals surface area contributed by atoms with E-state index in [0.29, 0.717) is 44.9 Å². The Morgan fingerprint density at radius 2 is 1.62 bits per heavy atom. The SMILES string of the molecule is CC(=O)OC1CC2CC(=O)CCC2(C)C2CC(OC(C)=O)C3(C)C(C(C)CCC(=O)OC(C(F)(F)F)C(F)(F)S(=O)(=O)O)CCC3C12. The van der Waals surface area contributed by atoms with E-state index in [1.807, 2.05) is 6.92 Å². The first-order valence-corrected chi connectivity index (χ1v) is 17.4. The molecule has 0 saturated heterocycles. The molecule has 0 aromatic carbocycles. The monoisotopic (exact) mass is 702 g/mol. The smallest absolute Gasteiger partial charge is 0.432 e. The predicted octanol–water partition coefficient (Wildman–Crippen LogP) is 5.67. The molecule has 0 aromatic rings. The van der Waals surface area contributed by atoms with Gasteiger partial charge < -0.3 is 14.2 Å². The zero-order valence-electron chi connectivity index (χ0n) is 27.0. The van der Waals surface area contributed by atoms with Gasteiger partial charge in [-0.1, -0.05) is 20.8 Å². The minimum absolute atomic E-state index is 0.0208. The number of rotatable bonds is 9. The first-order chi connectivity index (χ1) is 21.4. The second-order valence-electron chi connectivity index (χ2n) is 14.5. The summed E-state index contributed by atoms with van der Waals surface area (Å²) in [6, 6.07) is 0. The summed E-state index contributed by atoms with van der Waals surface area (Å²) in [5, 5.41) is -5.83. The van der Waals surface area contributed by atoms with E-state index in [0.717, 1.165) is 0 Å². The van der Waals surface area contributed by atoms with Gasteiger partial charge in [0.15, 0.2) is 0 Å². The molecule has 10 nitrogen and oxygen atoms in total. The van der Waals surface area contributed by atoms with E-state index in [-0.39, 0.29) is 47.2 Å². The van der Waals surface area contributed by atoms with Crippen LogP contribution in [0.15, 0.2) is 0 Å². The van der Waals surface area contributed by atoms with Crippen LogP contribution in [-0.2, 0) is 43.5 Å². The molecule has 16 heteroatoms. The molecule has 11 unspecified atom stereocenters. The number of hydrogen-bond donors (Lipinski definition) is 1. The number of carbonyl (C=O) groups excluding carboxylic acids is 4. The summed E-state index contributed by atoms with van der Waals surface area (Å²) in [6.07, 6.45) is -8.80. The molecular formula is C31H43F5O10S. The van der Waals surface area contributed by atoms with E-state index in [2.05, 4.69) is 11.7 Å². The summed E-state index contributed by atoms with van der Waals surface area (Å²) in [5.74, 6) is -3.57. The van der Waals surface area contributed by atoms with Gasteiger partial charge in [0.25, 0.3) is 6.10 Å². The normalized spacial score (nSPS) is 37.1. The Morgan fingerprint density at radius 3 is 2.17 bits per heavy atom. The third-order valence-corrected chi connectivity index (χ3v) is 12.8. The maximum atomic E-state index is 14.0. The topological polar surface area (TPSA) is 150 Å². The fourth-order valence-corrected chi connectivity index (χ4v) is 10.3. The Bertz CT molecular complexity index is 1370. The number of carbonyl (C=O) groups is 4. The van der Waals surface area contributed by atoms with Gasteiger partial charge in [-0.15, -0.1) is 0 Å². The molecule has 0 amide bonds. The van der Waals surface area contributed by atoms with Gasteiger partial charge >= 0.3 is 39.5 Å². The highest BCUT2D eigenvalue weighted by Crippen LogP contribution is 2.69. The third-order valence-electron chi connectivity index (χ3n) is 11.9. The van der Waals surface area contributed by atoms with Crippen molar-refractivity contribution in [1.29, 1.82) is 0 Å². The Labute approximate surface area is 270 Å². The van der Waals surface area contributed by atoms with E-state index < -0.39 is 75.5 Å². The molecule has 4 saturated carbocycles. The van der Waals surface area contributed by atoms with Gasteiger partial charge in [-0.25, -0.2) is 0 Å². The molecule has 0 bridgehead atoms. The molecule has 4 fully saturated rings. The summed E-state index contributed by atoms with van der Waals surface area (Å²) < 4.78 is 114. The minimum atomic E-state index is -6.57. The van der Waals surface area contributed by atoms with Crippen LogP contribution in [0.25, 0.3) is 0 Å². The van der Waals surface area contributed by atoms with Gasteiger partial charge in [0, 0.05) is 44.4 Å². The van der Waals surface area contributed by atoms with Crippen molar-refractivity contribution in [3.8, 4) is 0 Å². The van der Waals surface area contributed by atoms with Gasteiger partial charge in [-0.2, -0.15) is 30.4 Å². The standard InChI is InChI=1S/C31H43F5O10S/c1-15(6-9-25(40)46-27(30(32,33)34)31(35,36)47(41,42)43)20-7-8-21-26-22(14-24(29(20,21)5)45-17(3)38)28(4)11-10-19(39)12-18(28)13-23(26)44-16(2)37/h15,18,20-24,26-27H,6-14H2,1-5H3,(H,41,42,43). The Balaban J connectivity index is 1.60. The van der Waals surface area contributed by atoms with Crippen molar-refractivity contribution in [3.63, 3.8) is 0 Å². The molecular weight excluding hydrogens is 659 g/mol. The predicted molar refractivity (Wildman–Crippen MR) is 153 cm³/mol. The van der Waals surface area contributed by atoms with Gasteiger partial charge in [0.2, 0.25) is 0 Å². The van der Waals surface area contributed by atoms with Crippen molar-refractivity contribution in [2.75, 3.05) is 0 Å². The van der Waals surface area contributed by atoms with Crippen LogP contribution in [0, 0.1) is 46.3 Å². The van der Waals surface area contributed by atoms with Gasteiger partial charge in [0.1, 0.15) is 18.0 Å². The second-order valence-corrected chi connectivity index (χ2v) is 16.0. The average Bonchev–Trinajstić information content (AvgIpc) is 3.28. The van der Waals surface area contributed by atoms with Crippen LogP contribution in [0.4, 0.5) is 22.0 Å². The fraction of sp³-hybridized carbons (Fsp3) is 0.871. The summed E-state index contributed by atoms with van der Waals surface area (Å²) in [7, 11) is -6.57. The lowest BCUT2D eigenvalue weighted by Gasteiger charge is -2.63. The minimum Gasteiger partial charge on any atom is -0.462 e.